The van der Waals surface area contributed by atoms with Gasteiger partial charge in [0.05, 0.1) is 51.0 Å². The third-order valence-electron chi connectivity index (χ3n) is 6.31. The Labute approximate surface area is 174 Å². The van der Waals surface area contributed by atoms with Crippen LogP contribution >= 0.6 is 0 Å². The van der Waals surface area contributed by atoms with Gasteiger partial charge >= 0.3 is 0 Å². The molecule has 1 aromatic rings. The van der Waals surface area contributed by atoms with E-state index >= 15 is 0 Å². The minimum atomic E-state index is -2.09. The maximum atomic E-state index is 10.2. The van der Waals surface area contributed by atoms with Gasteiger partial charge in [0.15, 0.2) is 5.41 Å². The lowest BCUT2D eigenvalue weighted by Gasteiger charge is -2.48. The Morgan fingerprint density at radius 1 is 1.03 bits per heavy atom. The summed E-state index contributed by atoms with van der Waals surface area (Å²) in [5, 5.41) is 39.2. The summed E-state index contributed by atoms with van der Waals surface area (Å²) in [6.45, 7) is 3.46. The van der Waals surface area contributed by atoms with Crippen LogP contribution in [0, 0.1) is 56.2 Å². The quantitative estimate of drug-likeness (QED) is 0.780. The summed E-state index contributed by atoms with van der Waals surface area (Å²) in [7, 11) is 4.33. The molecule has 9 nitrogen and oxygen atoms in total. The van der Waals surface area contributed by atoms with Crippen LogP contribution < -0.4 is 14.2 Å². The molecule has 30 heavy (non-hydrogen) atoms. The lowest BCUT2D eigenvalue weighted by molar-refractivity contribution is -0.280. The summed E-state index contributed by atoms with van der Waals surface area (Å²) >= 11 is 0. The van der Waals surface area contributed by atoms with E-state index in [1.54, 1.807) is 26.0 Å². The van der Waals surface area contributed by atoms with Crippen molar-refractivity contribution in [3.63, 3.8) is 0 Å². The second-order valence-electron chi connectivity index (χ2n) is 7.21. The Balaban J connectivity index is 2.42. The number of nitrogens with one attached hydrogen (secondary N) is 1. The van der Waals surface area contributed by atoms with Gasteiger partial charge in [0.2, 0.25) is 17.1 Å². The normalized spacial score (nSPS) is 30.9. The molecular weight excluding hydrogens is 388 g/mol. The van der Waals surface area contributed by atoms with Gasteiger partial charge < -0.3 is 23.7 Å². The van der Waals surface area contributed by atoms with Crippen molar-refractivity contribution in [3.8, 4) is 35.5 Å². The van der Waals surface area contributed by atoms with Crippen molar-refractivity contribution >= 4 is 5.90 Å². The van der Waals surface area contributed by atoms with Crippen LogP contribution in [-0.2, 0) is 9.47 Å². The van der Waals surface area contributed by atoms with Crippen LogP contribution in [0.4, 0.5) is 0 Å². The highest BCUT2D eigenvalue weighted by Gasteiger charge is 2.79. The monoisotopic (exact) mass is 410 g/mol. The molecule has 1 aromatic carbocycles. The lowest BCUT2D eigenvalue weighted by Crippen LogP contribution is -2.58. The average molecular weight is 410 g/mol. The summed E-state index contributed by atoms with van der Waals surface area (Å²) < 4.78 is 28.4. The molecule has 9 heteroatoms. The molecule has 2 saturated heterocycles. The molecule has 2 heterocycles. The molecule has 0 saturated carbocycles. The molecule has 2 bridgehead atoms. The number of benzene rings is 1. The van der Waals surface area contributed by atoms with Crippen molar-refractivity contribution in [2.24, 2.45) is 16.7 Å². The molecule has 4 atom stereocenters. The van der Waals surface area contributed by atoms with Gasteiger partial charge in [0, 0.05) is 18.6 Å². The molecule has 1 N–H and O–H groups in total. The van der Waals surface area contributed by atoms with Crippen LogP contribution in [0.15, 0.2) is 12.1 Å². The van der Waals surface area contributed by atoms with Gasteiger partial charge in [-0.25, -0.2) is 0 Å². The molecule has 156 valence electrons. The van der Waals surface area contributed by atoms with Crippen molar-refractivity contribution < 1.29 is 23.7 Å². The van der Waals surface area contributed by atoms with Crippen molar-refractivity contribution in [1.82, 2.24) is 0 Å². The highest BCUT2D eigenvalue weighted by atomic mass is 16.7. The molecule has 0 radical (unpaired) electrons. The second-order valence-corrected chi connectivity index (χ2v) is 7.21. The zero-order chi connectivity index (χ0) is 22.3. The van der Waals surface area contributed by atoms with Crippen LogP contribution in [0.3, 0.4) is 0 Å². The van der Waals surface area contributed by atoms with Crippen LogP contribution in [0.1, 0.15) is 31.9 Å². The largest absolute Gasteiger partial charge is 0.496 e. The maximum Gasteiger partial charge on any atom is 0.217 e. The van der Waals surface area contributed by atoms with Gasteiger partial charge in [0.1, 0.15) is 23.4 Å². The van der Waals surface area contributed by atoms with E-state index in [-0.39, 0.29) is 17.1 Å². The molecule has 0 spiro atoms. The number of nitrogens with zero attached hydrogens (tertiary/aromatic N) is 3. The van der Waals surface area contributed by atoms with E-state index in [0.29, 0.717) is 12.2 Å². The van der Waals surface area contributed by atoms with Crippen LogP contribution in [0.5, 0.6) is 17.2 Å². The fraction of sp³-hybridized carbons (Fsp3) is 0.524. The molecule has 0 aliphatic carbocycles. The third-order valence-corrected chi connectivity index (χ3v) is 6.31. The zero-order valence-electron chi connectivity index (χ0n) is 17.4. The van der Waals surface area contributed by atoms with Gasteiger partial charge in [-0.2, -0.15) is 15.8 Å². The first-order valence-electron chi connectivity index (χ1n) is 9.30. The fourth-order valence-electron chi connectivity index (χ4n) is 4.59. The van der Waals surface area contributed by atoms with E-state index in [1.165, 1.54) is 21.3 Å². The molecule has 0 aromatic heterocycles. The smallest absolute Gasteiger partial charge is 0.217 e. The molecule has 0 amide bonds. The molecule has 3 rings (SSSR count). The predicted molar refractivity (Wildman–Crippen MR) is 103 cm³/mol. The Hall–Kier alpha value is -3.48. The van der Waals surface area contributed by atoms with Gasteiger partial charge in [0.25, 0.3) is 0 Å². The predicted octanol–water partition coefficient (Wildman–Crippen LogP) is 3.08. The first-order chi connectivity index (χ1) is 14.3. The zero-order valence-corrected chi connectivity index (χ0v) is 17.4. The van der Waals surface area contributed by atoms with Crippen LogP contribution in [0.2, 0.25) is 0 Å². The third kappa shape index (κ3) is 2.26. The lowest BCUT2D eigenvalue weighted by atomic mass is 9.53. The van der Waals surface area contributed by atoms with E-state index in [4.69, 9.17) is 29.1 Å². The maximum absolute atomic E-state index is 10.2. The van der Waals surface area contributed by atoms with Gasteiger partial charge in [-0.3, -0.25) is 5.41 Å². The van der Waals surface area contributed by atoms with Crippen molar-refractivity contribution in [2.75, 3.05) is 21.3 Å². The fourth-order valence-corrected chi connectivity index (χ4v) is 4.59. The molecule has 4 unspecified atom stereocenters. The number of nitriles is 3. The topological polar surface area (TPSA) is 141 Å². The van der Waals surface area contributed by atoms with E-state index in [0.717, 1.165) is 0 Å². The number of methoxy groups -OCH3 is 3. The second kappa shape index (κ2) is 7.09. The van der Waals surface area contributed by atoms with Gasteiger partial charge in [-0.15, -0.1) is 0 Å². The Morgan fingerprint density at radius 3 is 2.00 bits per heavy atom. The number of fused-ring (bicyclic) bond motifs is 2. The molecular formula is C21H22N4O5. The van der Waals surface area contributed by atoms with Crippen molar-refractivity contribution in [3.05, 3.63) is 17.7 Å². The summed E-state index contributed by atoms with van der Waals surface area (Å²) in [5.74, 6) is -1.60. The highest BCUT2D eigenvalue weighted by molar-refractivity contribution is 5.89. The van der Waals surface area contributed by atoms with Crippen molar-refractivity contribution in [1.29, 1.82) is 21.2 Å². The van der Waals surface area contributed by atoms with E-state index < -0.39 is 34.5 Å². The summed E-state index contributed by atoms with van der Waals surface area (Å²) in [6, 6.07) is 9.22. The van der Waals surface area contributed by atoms with E-state index in [2.05, 4.69) is 6.07 Å². The Morgan fingerprint density at radius 2 is 1.60 bits per heavy atom. The van der Waals surface area contributed by atoms with Crippen molar-refractivity contribution in [2.45, 2.75) is 32.2 Å². The minimum Gasteiger partial charge on any atom is -0.496 e. The van der Waals surface area contributed by atoms with E-state index in [1.807, 2.05) is 12.1 Å². The molecule has 2 fully saturated rings. The Bertz CT molecular complexity index is 981. The first-order valence-corrected chi connectivity index (χ1v) is 9.30. The highest BCUT2D eigenvalue weighted by Crippen LogP contribution is 2.68. The van der Waals surface area contributed by atoms with Gasteiger partial charge in [-0.05, 0) is 0 Å². The molecule has 2 aliphatic rings. The number of ether oxygens (including phenoxy) is 5. The van der Waals surface area contributed by atoms with Crippen LogP contribution in [0.25, 0.3) is 0 Å². The first kappa shape index (κ1) is 21.2. The number of hydrogen-bond acceptors (Lipinski definition) is 9. The average Bonchev–Trinajstić information content (AvgIpc) is 2.94. The van der Waals surface area contributed by atoms with Gasteiger partial charge in [-0.1, -0.05) is 13.8 Å². The summed E-state index contributed by atoms with van der Waals surface area (Å²) in [5.41, 5.74) is -3.67. The van der Waals surface area contributed by atoms with Crippen LogP contribution in [-0.4, -0.2) is 33.0 Å². The summed E-state index contributed by atoms with van der Waals surface area (Å²) in [4.78, 5) is 0. The number of rotatable bonds is 5. The number of hydrogen-bond donors (Lipinski definition) is 1. The SMILES string of the molecule is CCC12OC(=N)C(C#N)(C1C)C(C#N)(C#N)C(c1c(OC)cc(OC)cc1OC)O2. The minimum absolute atomic E-state index is 0.255. The Kier molecular flexibility index (Phi) is 5.02. The van der Waals surface area contributed by atoms with E-state index in [9.17, 15) is 15.8 Å². The molecule has 2 aliphatic heterocycles. The standard InChI is InChI=1S/C21H22N4O5/c1-6-21-12(2)20(11-24,18(25)30-21)19(9-22,10-23)17(29-21)16-14(27-4)7-13(26-3)8-15(16)28-5/h7-8,12,17,25H,6H2,1-5H3. The summed E-state index contributed by atoms with van der Waals surface area (Å²) in [6.07, 6.45) is -0.994.